The standard InChI is InChI=1S/C24H27NO2/c1-18-10-9-11-19(2)24(18)27-17-22(26)16-25-23(20-12-5-3-6-13-20)21-14-7-4-8-15-21/h3-15,22-23,25-26H,16-17H2,1-2H3. The van der Waals surface area contributed by atoms with Crippen LogP contribution in [0.25, 0.3) is 0 Å². The molecule has 1 unspecified atom stereocenters. The van der Waals surface area contributed by atoms with Crippen molar-refractivity contribution in [1.82, 2.24) is 5.32 Å². The van der Waals surface area contributed by atoms with Crippen molar-refractivity contribution in [2.45, 2.75) is 26.0 Å². The first-order valence-electron chi connectivity index (χ1n) is 9.35. The number of aliphatic hydroxyl groups excluding tert-OH is 1. The van der Waals surface area contributed by atoms with Crippen LogP contribution in [0.1, 0.15) is 28.3 Å². The fourth-order valence-corrected chi connectivity index (χ4v) is 3.24. The van der Waals surface area contributed by atoms with Crippen LogP contribution in [0.2, 0.25) is 0 Å². The minimum absolute atomic E-state index is 0.0299. The average Bonchev–Trinajstić information content (AvgIpc) is 2.69. The Bertz CT molecular complexity index is 774. The maximum absolute atomic E-state index is 10.4. The molecule has 0 saturated carbocycles. The Morgan fingerprint density at radius 2 is 1.30 bits per heavy atom. The molecule has 0 fully saturated rings. The number of benzene rings is 3. The quantitative estimate of drug-likeness (QED) is 0.624. The second-order valence-electron chi connectivity index (χ2n) is 6.85. The van der Waals surface area contributed by atoms with Gasteiger partial charge in [0.25, 0.3) is 0 Å². The van der Waals surface area contributed by atoms with Gasteiger partial charge >= 0.3 is 0 Å². The Hall–Kier alpha value is -2.62. The van der Waals surface area contributed by atoms with Crippen LogP contribution in [0.3, 0.4) is 0 Å². The lowest BCUT2D eigenvalue weighted by molar-refractivity contribution is 0.104. The van der Waals surface area contributed by atoms with Crippen LogP contribution in [0, 0.1) is 13.8 Å². The first-order valence-corrected chi connectivity index (χ1v) is 9.35. The molecule has 0 aliphatic heterocycles. The van der Waals surface area contributed by atoms with Crippen LogP contribution in [0.15, 0.2) is 78.9 Å². The summed E-state index contributed by atoms with van der Waals surface area (Å²) in [7, 11) is 0. The molecule has 140 valence electrons. The van der Waals surface area contributed by atoms with Gasteiger partial charge < -0.3 is 15.2 Å². The predicted octanol–water partition coefficient (Wildman–Crippen LogP) is 4.42. The minimum Gasteiger partial charge on any atom is -0.490 e. The fourth-order valence-electron chi connectivity index (χ4n) is 3.24. The van der Waals surface area contributed by atoms with E-state index < -0.39 is 6.10 Å². The largest absolute Gasteiger partial charge is 0.490 e. The third kappa shape index (κ3) is 5.19. The molecule has 3 heteroatoms. The number of para-hydroxylation sites is 1. The molecule has 3 aromatic carbocycles. The van der Waals surface area contributed by atoms with E-state index in [-0.39, 0.29) is 12.6 Å². The summed E-state index contributed by atoms with van der Waals surface area (Å²) < 4.78 is 5.88. The topological polar surface area (TPSA) is 41.5 Å². The zero-order valence-electron chi connectivity index (χ0n) is 15.9. The Balaban J connectivity index is 1.63. The van der Waals surface area contributed by atoms with Gasteiger partial charge in [0, 0.05) is 6.54 Å². The normalized spacial score (nSPS) is 12.1. The lowest BCUT2D eigenvalue weighted by Crippen LogP contribution is -2.34. The molecule has 3 rings (SSSR count). The Morgan fingerprint density at radius 3 is 1.81 bits per heavy atom. The number of nitrogens with one attached hydrogen (secondary N) is 1. The van der Waals surface area contributed by atoms with E-state index >= 15 is 0 Å². The Morgan fingerprint density at radius 1 is 0.778 bits per heavy atom. The molecule has 1 atom stereocenters. The van der Waals surface area contributed by atoms with Gasteiger partial charge in [-0.05, 0) is 36.1 Å². The molecule has 3 aromatic rings. The number of aliphatic hydroxyl groups is 1. The van der Waals surface area contributed by atoms with Gasteiger partial charge in [-0.15, -0.1) is 0 Å². The molecule has 3 nitrogen and oxygen atoms in total. The fraction of sp³-hybridized carbons (Fsp3) is 0.250. The van der Waals surface area contributed by atoms with Crippen molar-refractivity contribution in [2.75, 3.05) is 13.2 Å². The average molecular weight is 361 g/mol. The highest BCUT2D eigenvalue weighted by atomic mass is 16.5. The number of aryl methyl sites for hydroxylation is 2. The summed E-state index contributed by atoms with van der Waals surface area (Å²) in [6.45, 7) is 4.75. The van der Waals surface area contributed by atoms with Crippen molar-refractivity contribution < 1.29 is 9.84 Å². The molecule has 0 aliphatic rings. The number of hydrogen-bond acceptors (Lipinski definition) is 3. The molecule has 27 heavy (non-hydrogen) atoms. The third-order valence-electron chi connectivity index (χ3n) is 4.65. The van der Waals surface area contributed by atoms with Gasteiger partial charge in [0.2, 0.25) is 0 Å². The highest BCUT2D eigenvalue weighted by Gasteiger charge is 2.16. The first kappa shape index (κ1) is 19.2. The summed E-state index contributed by atoms with van der Waals surface area (Å²) >= 11 is 0. The lowest BCUT2D eigenvalue weighted by Gasteiger charge is -2.22. The number of rotatable bonds is 8. The monoisotopic (exact) mass is 361 g/mol. The SMILES string of the molecule is Cc1cccc(C)c1OCC(O)CNC(c1ccccc1)c1ccccc1. The molecular formula is C24H27NO2. The van der Waals surface area contributed by atoms with E-state index in [1.807, 2.05) is 68.4 Å². The van der Waals surface area contributed by atoms with Crippen LogP contribution in [-0.2, 0) is 0 Å². The second kappa shape index (κ2) is 9.36. The molecule has 0 radical (unpaired) electrons. The van der Waals surface area contributed by atoms with Crippen LogP contribution in [0.5, 0.6) is 5.75 Å². The molecule has 0 aromatic heterocycles. The zero-order chi connectivity index (χ0) is 19.1. The van der Waals surface area contributed by atoms with E-state index in [1.165, 1.54) is 11.1 Å². The predicted molar refractivity (Wildman–Crippen MR) is 110 cm³/mol. The van der Waals surface area contributed by atoms with E-state index in [0.29, 0.717) is 6.54 Å². The maximum atomic E-state index is 10.4. The summed E-state index contributed by atoms with van der Waals surface area (Å²) in [5.74, 6) is 0.860. The summed E-state index contributed by atoms with van der Waals surface area (Å²) in [5.41, 5.74) is 4.52. The molecule has 0 saturated heterocycles. The van der Waals surface area contributed by atoms with Gasteiger partial charge in [-0.2, -0.15) is 0 Å². The zero-order valence-corrected chi connectivity index (χ0v) is 15.9. The van der Waals surface area contributed by atoms with Gasteiger partial charge in [-0.1, -0.05) is 78.9 Å². The second-order valence-corrected chi connectivity index (χ2v) is 6.85. The van der Waals surface area contributed by atoms with Crippen molar-refractivity contribution in [3.05, 3.63) is 101 Å². The third-order valence-corrected chi connectivity index (χ3v) is 4.65. The summed E-state index contributed by atoms with van der Waals surface area (Å²) in [6, 6.07) is 26.7. The first-order chi connectivity index (χ1) is 13.1. The van der Waals surface area contributed by atoms with E-state index in [9.17, 15) is 5.11 Å². The Labute approximate surface area is 161 Å². The highest BCUT2D eigenvalue weighted by molar-refractivity contribution is 5.39. The van der Waals surface area contributed by atoms with Crippen LogP contribution < -0.4 is 10.1 Å². The summed E-state index contributed by atoms with van der Waals surface area (Å²) in [4.78, 5) is 0. The van der Waals surface area contributed by atoms with Gasteiger partial charge in [0.15, 0.2) is 0 Å². The van der Waals surface area contributed by atoms with Crippen molar-refractivity contribution in [3.63, 3.8) is 0 Å². The van der Waals surface area contributed by atoms with Gasteiger partial charge in [0.1, 0.15) is 18.5 Å². The maximum Gasteiger partial charge on any atom is 0.125 e. The van der Waals surface area contributed by atoms with Crippen molar-refractivity contribution in [3.8, 4) is 5.75 Å². The minimum atomic E-state index is -0.598. The van der Waals surface area contributed by atoms with Crippen molar-refractivity contribution in [1.29, 1.82) is 0 Å². The summed E-state index contributed by atoms with van der Waals surface area (Å²) in [6.07, 6.45) is -0.598. The molecule has 2 N–H and O–H groups in total. The summed E-state index contributed by atoms with van der Waals surface area (Å²) in [5, 5.41) is 13.9. The Kier molecular flexibility index (Phi) is 6.64. The van der Waals surface area contributed by atoms with Gasteiger partial charge in [-0.3, -0.25) is 0 Å². The van der Waals surface area contributed by atoms with E-state index in [1.54, 1.807) is 0 Å². The smallest absolute Gasteiger partial charge is 0.125 e. The van der Waals surface area contributed by atoms with E-state index in [0.717, 1.165) is 16.9 Å². The van der Waals surface area contributed by atoms with Crippen LogP contribution in [0.4, 0.5) is 0 Å². The molecule has 0 bridgehead atoms. The van der Waals surface area contributed by atoms with E-state index in [4.69, 9.17) is 4.74 Å². The number of ether oxygens (including phenoxy) is 1. The van der Waals surface area contributed by atoms with Crippen molar-refractivity contribution >= 4 is 0 Å². The molecule has 0 heterocycles. The van der Waals surface area contributed by atoms with Crippen molar-refractivity contribution in [2.24, 2.45) is 0 Å². The lowest BCUT2D eigenvalue weighted by atomic mass is 9.98. The molecule has 0 aliphatic carbocycles. The van der Waals surface area contributed by atoms with Gasteiger partial charge in [-0.25, -0.2) is 0 Å². The van der Waals surface area contributed by atoms with Gasteiger partial charge in [0.05, 0.1) is 6.04 Å². The molecule has 0 spiro atoms. The van der Waals surface area contributed by atoms with E-state index in [2.05, 4.69) is 29.6 Å². The molecular weight excluding hydrogens is 334 g/mol. The molecule has 0 amide bonds. The number of hydrogen-bond donors (Lipinski definition) is 2. The van der Waals surface area contributed by atoms with Crippen LogP contribution >= 0.6 is 0 Å². The van der Waals surface area contributed by atoms with Crippen LogP contribution in [-0.4, -0.2) is 24.4 Å². The highest BCUT2D eigenvalue weighted by Crippen LogP contribution is 2.23.